The van der Waals surface area contributed by atoms with Crippen LogP contribution in [0, 0.1) is 5.41 Å². The van der Waals surface area contributed by atoms with Crippen LogP contribution in [0.2, 0.25) is 0 Å². The van der Waals surface area contributed by atoms with E-state index in [0.29, 0.717) is 0 Å². The molecule has 0 aliphatic carbocycles. The molecule has 1 aliphatic rings. The average Bonchev–Trinajstić information content (AvgIpc) is 2.02. The van der Waals surface area contributed by atoms with E-state index in [1.54, 1.807) is 0 Å². The molecule has 4 nitrogen and oxygen atoms in total. The van der Waals surface area contributed by atoms with E-state index in [2.05, 4.69) is 0 Å². The lowest BCUT2D eigenvalue weighted by molar-refractivity contribution is -0.133. The van der Waals surface area contributed by atoms with Gasteiger partial charge in [-0.15, -0.1) is 0 Å². The third-order valence-electron chi connectivity index (χ3n) is 2.31. The van der Waals surface area contributed by atoms with Crippen molar-refractivity contribution >= 4 is 0 Å². The SMILES string of the molecule is CC(C)(C)C1OC(CO)C(O)=CC1O. The van der Waals surface area contributed by atoms with Gasteiger partial charge in [-0.25, -0.2) is 0 Å². The van der Waals surface area contributed by atoms with Crippen LogP contribution >= 0.6 is 0 Å². The maximum atomic E-state index is 9.65. The summed E-state index contributed by atoms with van der Waals surface area (Å²) in [5.74, 6) is -0.0968. The van der Waals surface area contributed by atoms with E-state index in [0.717, 1.165) is 0 Å². The van der Waals surface area contributed by atoms with Crippen LogP contribution in [0.15, 0.2) is 11.8 Å². The Morgan fingerprint density at radius 1 is 1.43 bits per heavy atom. The normalized spacial score (nSPS) is 34.1. The average molecular weight is 202 g/mol. The van der Waals surface area contributed by atoms with Gasteiger partial charge in [0.25, 0.3) is 0 Å². The largest absolute Gasteiger partial charge is 0.510 e. The van der Waals surface area contributed by atoms with E-state index in [1.807, 2.05) is 20.8 Å². The Morgan fingerprint density at radius 3 is 2.43 bits per heavy atom. The van der Waals surface area contributed by atoms with E-state index < -0.39 is 18.3 Å². The van der Waals surface area contributed by atoms with Crippen molar-refractivity contribution in [3.63, 3.8) is 0 Å². The fourth-order valence-electron chi connectivity index (χ4n) is 1.55. The molecule has 82 valence electrons. The van der Waals surface area contributed by atoms with Crippen LogP contribution in [-0.2, 0) is 4.74 Å². The Hall–Kier alpha value is -0.580. The predicted octanol–water partition coefficient (Wildman–Crippen LogP) is 0.595. The molecule has 0 aromatic carbocycles. The second-order valence-electron chi connectivity index (χ2n) is 4.68. The van der Waals surface area contributed by atoms with Crippen molar-refractivity contribution in [2.75, 3.05) is 6.61 Å². The molecule has 0 radical (unpaired) electrons. The summed E-state index contributed by atoms with van der Waals surface area (Å²) in [5, 5.41) is 27.9. The summed E-state index contributed by atoms with van der Waals surface area (Å²) in [6, 6.07) is 0. The Balaban J connectivity index is 2.84. The smallest absolute Gasteiger partial charge is 0.137 e. The maximum absolute atomic E-state index is 9.65. The summed E-state index contributed by atoms with van der Waals surface area (Å²) in [7, 11) is 0. The van der Waals surface area contributed by atoms with E-state index in [1.165, 1.54) is 6.08 Å². The summed E-state index contributed by atoms with van der Waals surface area (Å²) in [4.78, 5) is 0. The lowest BCUT2D eigenvalue weighted by Gasteiger charge is -2.38. The topological polar surface area (TPSA) is 69.9 Å². The van der Waals surface area contributed by atoms with Crippen molar-refractivity contribution in [1.29, 1.82) is 0 Å². The van der Waals surface area contributed by atoms with Crippen molar-refractivity contribution in [1.82, 2.24) is 0 Å². The van der Waals surface area contributed by atoms with E-state index in [4.69, 9.17) is 9.84 Å². The maximum Gasteiger partial charge on any atom is 0.137 e. The molecule has 0 fully saturated rings. The van der Waals surface area contributed by atoms with Gasteiger partial charge in [0, 0.05) is 0 Å². The fraction of sp³-hybridized carbons (Fsp3) is 0.800. The van der Waals surface area contributed by atoms with Gasteiger partial charge in [0.05, 0.1) is 12.7 Å². The summed E-state index contributed by atoms with van der Waals surface area (Å²) >= 11 is 0. The van der Waals surface area contributed by atoms with Crippen molar-refractivity contribution in [2.24, 2.45) is 5.41 Å². The molecule has 1 rings (SSSR count). The van der Waals surface area contributed by atoms with E-state index in [-0.39, 0.29) is 17.8 Å². The minimum atomic E-state index is -0.821. The van der Waals surface area contributed by atoms with Crippen LogP contribution in [0.25, 0.3) is 0 Å². The summed E-state index contributed by atoms with van der Waals surface area (Å²) in [6.45, 7) is 5.53. The molecule has 0 aromatic rings. The number of ether oxygens (including phenoxy) is 1. The van der Waals surface area contributed by atoms with Gasteiger partial charge >= 0.3 is 0 Å². The van der Waals surface area contributed by atoms with Gasteiger partial charge in [-0.3, -0.25) is 0 Å². The zero-order valence-electron chi connectivity index (χ0n) is 8.77. The van der Waals surface area contributed by atoms with Gasteiger partial charge in [-0.05, 0) is 11.5 Å². The van der Waals surface area contributed by atoms with Gasteiger partial charge < -0.3 is 20.1 Å². The van der Waals surface area contributed by atoms with Gasteiger partial charge in [0.1, 0.15) is 18.0 Å². The van der Waals surface area contributed by atoms with Gasteiger partial charge in [-0.2, -0.15) is 0 Å². The highest BCUT2D eigenvalue weighted by Crippen LogP contribution is 2.31. The molecular weight excluding hydrogens is 184 g/mol. The predicted molar refractivity (Wildman–Crippen MR) is 51.9 cm³/mol. The highest BCUT2D eigenvalue weighted by Gasteiger charge is 2.37. The van der Waals surface area contributed by atoms with Crippen LogP contribution in [0.5, 0.6) is 0 Å². The second kappa shape index (κ2) is 3.88. The fourth-order valence-corrected chi connectivity index (χ4v) is 1.55. The molecule has 0 saturated heterocycles. The lowest BCUT2D eigenvalue weighted by atomic mass is 9.84. The Labute approximate surface area is 83.8 Å². The molecule has 3 atom stereocenters. The third kappa shape index (κ3) is 2.26. The Bertz CT molecular complexity index is 229. The van der Waals surface area contributed by atoms with Crippen molar-refractivity contribution < 1.29 is 20.1 Å². The first kappa shape index (κ1) is 11.5. The summed E-state index contributed by atoms with van der Waals surface area (Å²) in [5.41, 5.74) is -0.232. The zero-order valence-corrected chi connectivity index (χ0v) is 8.77. The number of aliphatic hydroxyl groups is 3. The molecule has 1 heterocycles. The van der Waals surface area contributed by atoms with Crippen molar-refractivity contribution in [3.05, 3.63) is 11.8 Å². The standard InChI is InChI=1S/C10H18O4/c1-10(2,3)9-7(13)4-6(12)8(5-11)14-9/h4,7-9,11-13H,5H2,1-3H3. The molecule has 14 heavy (non-hydrogen) atoms. The quantitative estimate of drug-likeness (QED) is 0.582. The molecule has 1 aliphatic heterocycles. The number of hydrogen-bond donors (Lipinski definition) is 3. The monoisotopic (exact) mass is 202 g/mol. The van der Waals surface area contributed by atoms with E-state index >= 15 is 0 Å². The van der Waals surface area contributed by atoms with E-state index in [9.17, 15) is 10.2 Å². The Morgan fingerprint density at radius 2 is 2.00 bits per heavy atom. The minimum Gasteiger partial charge on any atom is -0.510 e. The van der Waals surface area contributed by atoms with Crippen LogP contribution < -0.4 is 0 Å². The third-order valence-corrected chi connectivity index (χ3v) is 2.31. The number of hydrogen-bond acceptors (Lipinski definition) is 4. The number of aliphatic hydroxyl groups excluding tert-OH is 3. The molecule has 0 saturated carbocycles. The molecule has 3 unspecified atom stereocenters. The minimum absolute atomic E-state index is 0.0968. The summed E-state index contributed by atoms with van der Waals surface area (Å²) < 4.78 is 5.41. The van der Waals surface area contributed by atoms with Crippen molar-refractivity contribution in [3.8, 4) is 0 Å². The summed E-state index contributed by atoms with van der Waals surface area (Å²) in [6.07, 6.45) is -0.601. The molecule has 4 heteroatoms. The molecule has 0 amide bonds. The molecule has 0 bridgehead atoms. The van der Waals surface area contributed by atoms with Crippen LogP contribution in [0.3, 0.4) is 0 Å². The number of rotatable bonds is 1. The Kier molecular flexibility index (Phi) is 3.19. The van der Waals surface area contributed by atoms with Crippen molar-refractivity contribution in [2.45, 2.75) is 39.1 Å². The first-order chi connectivity index (χ1) is 6.36. The van der Waals surface area contributed by atoms with Gasteiger partial charge in [0.15, 0.2) is 0 Å². The van der Waals surface area contributed by atoms with Crippen LogP contribution in [0.4, 0.5) is 0 Å². The highest BCUT2D eigenvalue weighted by atomic mass is 16.5. The first-order valence-electron chi connectivity index (χ1n) is 4.71. The molecule has 3 N–H and O–H groups in total. The van der Waals surface area contributed by atoms with Crippen LogP contribution in [-0.4, -0.2) is 40.2 Å². The van der Waals surface area contributed by atoms with Gasteiger partial charge in [0.2, 0.25) is 0 Å². The highest BCUT2D eigenvalue weighted by molar-refractivity contribution is 5.10. The lowest BCUT2D eigenvalue weighted by Crippen LogP contribution is -2.46. The van der Waals surface area contributed by atoms with Gasteiger partial charge in [-0.1, -0.05) is 20.8 Å². The molecule has 0 aromatic heterocycles. The molecule has 0 spiro atoms. The molecular formula is C10H18O4. The van der Waals surface area contributed by atoms with Crippen LogP contribution in [0.1, 0.15) is 20.8 Å². The zero-order chi connectivity index (χ0) is 10.9. The second-order valence-corrected chi connectivity index (χ2v) is 4.68. The first-order valence-corrected chi connectivity index (χ1v) is 4.71.